The quantitative estimate of drug-likeness (QED) is 0.0723. The molecule has 0 spiro atoms. The van der Waals surface area contributed by atoms with Gasteiger partial charge in [0, 0.05) is 11.5 Å². The van der Waals surface area contributed by atoms with Crippen molar-refractivity contribution in [3.8, 4) is 5.75 Å². The molecule has 14 heteroatoms. The van der Waals surface area contributed by atoms with E-state index in [1.165, 1.54) is 18.2 Å². The van der Waals surface area contributed by atoms with Crippen LogP contribution in [0.4, 0.5) is 33.3 Å². The molecule has 3 aromatic rings. The second-order valence-corrected chi connectivity index (χ2v) is 14.3. The summed E-state index contributed by atoms with van der Waals surface area (Å²) in [6.07, 6.45) is 3.22. The Hall–Kier alpha value is -4.55. The summed E-state index contributed by atoms with van der Waals surface area (Å²) >= 11 is 14.3. The van der Waals surface area contributed by atoms with Crippen molar-refractivity contribution in [2.45, 2.75) is 48.3 Å². The van der Waals surface area contributed by atoms with Gasteiger partial charge < -0.3 is 5.11 Å². The van der Waals surface area contributed by atoms with Crippen LogP contribution in [0, 0.1) is 46.8 Å². The molecule has 2 heterocycles. The van der Waals surface area contributed by atoms with E-state index in [9.17, 15) is 37.5 Å². The number of phenols is 1. The number of hydrogen-bond acceptors (Lipinski definition) is 5. The van der Waals surface area contributed by atoms with Crippen LogP contribution < -0.4 is 9.80 Å². The minimum Gasteiger partial charge on any atom is -0.507 e. The second kappa shape index (κ2) is 12.0. The van der Waals surface area contributed by atoms with Crippen LogP contribution in [0.2, 0.25) is 0 Å². The van der Waals surface area contributed by atoms with Crippen molar-refractivity contribution in [1.29, 1.82) is 0 Å². The van der Waals surface area contributed by atoms with Crippen molar-refractivity contribution < 1.29 is 46.2 Å². The van der Waals surface area contributed by atoms with Gasteiger partial charge in [-0.15, -0.1) is 29.8 Å². The lowest BCUT2D eigenvalue weighted by Gasteiger charge is -2.50. The van der Waals surface area contributed by atoms with Crippen LogP contribution in [-0.2, 0) is 32.0 Å². The molecule has 6 atom stereocenters. The summed E-state index contributed by atoms with van der Waals surface area (Å²) in [6.45, 7) is 5.61. The minimum atomic E-state index is -2.74. The van der Waals surface area contributed by atoms with Crippen LogP contribution in [0.5, 0.6) is 5.75 Å². The highest BCUT2D eigenvalue weighted by atomic mass is 35.5. The smallest absolute Gasteiger partial charge is 0.258 e. The number of carbonyl (C=O) groups is 4. The third-order valence-electron chi connectivity index (χ3n) is 10.7. The van der Waals surface area contributed by atoms with Gasteiger partial charge in [-0.3, -0.25) is 24.1 Å². The van der Waals surface area contributed by atoms with E-state index in [2.05, 4.69) is 6.58 Å². The van der Waals surface area contributed by atoms with Crippen LogP contribution >= 0.6 is 23.2 Å². The van der Waals surface area contributed by atoms with Crippen molar-refractivity contribution in [2.24, 2.45) is 17.8 Å². The summed E-state index contributed by atoms with van der Waals surface area (Å²) in [5.74, 6) is -21.9. The van der Waals surface area contributed by atoms with Crippen LogP contribution in [0.1, 0.15) is 42.4 Å². The van der Waals surface area contributed by atoms with E-state index in [4.69, 9.17) is 23.2 Å². The molecule has 4 amide bonds. The van der Waals surface area contributed by atoms with Gasteiger partial charge >= 0.3 is 0 Å². The molecule has 3 aromatic carbocycles. The van der Waals surface area contributed by atoms with E-state index < -0.39 is 104 Å². The largest absolute Gasteiger partial charge is 0.507 e. The summed E-state index contributed by atoms with van der Waals surface area (Å²) in [5.41, 5.74) is -0.133. The number of rotatable bonds is 6. The Morgan fingerprint density at radius 3 is 2.10 bits per heavy atom. The number of fused-ring (bicyclic) bond motifs is 4. The molecular formula is C37H27Cl2F5N2O5. The zero-order chi connectivity index (χ0) is 36.9. The summed E-state index contributed by atoms with van der Waals surface area (Å²) < 4.78 is 73.5. The summed E-state index contributed by atoms with van der Waals surface area (Å²) in [4.78, 5) is 52.3. The lowest BCUT2D eigenvalue weighted by molar-refractivity contribution is -0.125. The van der Waals surface area contributed by atoms with Gasteiger partial charge in [-0.2, -0.15) is 0 Å². The lowest BCUT2D eigenvalue weighted by Crippen LogP contribution is -2.60. The number of para-hydroxylation sites is 1. The van der Waals surface area contributed by atoms with E-state index in [1.54, 1.807) is 36.4 Å². The molecular weight excluding hydrogens is 718 g/mol. The zero-order valence-corrected chi connectivity index (χ0v) is 28.2. The Labute approximate surface area is 297 Å². The van der Waals surface area contributed by atoms with Gasteiger partial charge in [0.25, 0.3) is 11.8 Å². The molecule has 7 rings (SSSR count). The number of imide groups is 2. The molecule has 7 nitrogen and oxygen atoms in total. The van der Waals surface area contributed by atoms with E-state index in [0.717, 1.165) is 10.5 Å². The van der Waals surface area contributed by atoms with Crippen LogP contribution in [0.3, 0.4) is 0 Å². The summed E-state index contributed by atoms with van der Waals surface area (Å²) in [7, 11) is 0. The highest BCUT2D eigenvalue weighted by Crippen LogP contribution is 2.67. The Morgan fingerprint density at radius 2 is 1.49 bits per heavy atom. The van der Waals surface area contributed by atoms with Crippen molar-refractivity contribution in [1.82, 2.24) is 0 Å². The van der Waals surface area contributed by atoms with Gasteiger partial charge in [0.15, 0.2) is 33.0 Å². The average molecular weight is 746 g/mol. The molecule has 2 saturated heterocycles. The number of aromatic hydroxyl groups is 1. The number of carbonyl (C=O) groups excluding carboxylic acids is 4. The third-order valence-corrected chi connectivity index (χ3v) is 12.1. The maximum Gasteiger partial charge on any atom is 0.258 e. The number of amides is 4. The highest BCUT2D eigenvalue weighted by molar-refractivity contribution is 6.58. The van der Waals surface area contributed by atoms with Crippen molar-refractivity contribution in [2.75, 3.05) is 9.80 Å². The first-order valence-corrected chi connectivity index (χ1v) is 16.8. The Balaban J connectivity index is 1.44. The Morgan fingerprint density at radius 1 is 0.863 bits per heavy atom. The molecule has 0 aromatic heterocycles. The molecule has 51 heavy (non-hydrogen) atoms. The maximum atomic E-state index is 15.3. The third kappa shape index (κ3) is 4.54. The number of phenolic OH excluding ortho intramolecular Hbond substituents is 1. The zero-order valence-electron chi connectivity index (χ0n) is 26.7. The normalized spacial score (nSPS) is 28.5. The number of aryl methyl sites for hydroxylation is 1. The van der Waals surface area contributed by atoms with Gasteiger partial charge in [-0.1, -0.05) is 55.0 Å². The lowest BCUT2D eigenvalue weighted by atomic mass is 9.56. The minimum absolute atomic E-state index is 0.0278. The fourth-order valence-electron chi connectivity index (χ4n) is 8.21. The Bertz CT molecular complexity index is 2100. The summed E-state index contributed by atoms with van der Waals surface area (Å²) in [5, 5.41) is 11.5. The van der Waals surface area contributed by atoms with Gasteiger partial charge in [-0.05, 0) is 54.9 Å². The molecule has 0 unspecified atom stereocenters. The standard InChI is InChI=1S/C37H27Cl2F5N2O5/c1-3-6-17-7-5-8-21(31(17)47)24-19-13-14-20-23(33(49)45(32(20)48)18-11-9-16(4-2)10-12-18)22(19)15-36(38)34(50)46(35(51)37(24,36)39)30-28(43)26(41)25(40)27(42)29(30)44/h3,5,7-13,20,22-24,47H,1,4,6,14-15H2,2H3/t20-,22+,23-,24+,36+,37-/m0/s1. The molecule has 4 aliphatic rings. The number of allylic oxidation sites excluding steroid dienone is 3. The van der Waals surface area contributed by atoms with Crippen LogP contribution in [-0.4, -0.2) is 38.5 Å². The number of nitrogens with zero attached hydrogens (tertiary/aromatic N) is 2. The molecule has 0 bridgehead atoms. The molecule has 2 aliphatic carbocycles. The first kappa shape index (κ1) is 34.9. The number of alkyl halides is 2. The highest BCUT2D eigenvalue weighted by Gasteiger charge is 2.77. The number of hydrogen-bond donors (Lipinski definition) is 1. The first-order chi connectivity index (χ1) is 24.1. The van der Waals surface area contributed by atoms with Crippen molar-refractivity contribution in [3.63, 3.8) is 0 Å². The number of benzene rings is 3. The van der Waals surface area contributed by atoms with Crippen molar-refractivity contribution in [3.05, 3.63) is 113 Å². The first-order valence-electron chi connectivity index (χ1n) is 16.0. The predicted molar refractivity (Wildman–Crippen MR) is 177 cm³/mol. The topological polar surface area (TPSA) is 95.0 Å². The molecule has 2 aliphatic heterocycles. The molecule has 1 N–H and O–H groups in total. The second-order valence-electron chi connectivity index (χ2n) is 13.1. The monoisotopic (exact) mass is 744 g/mol. The predicted octanol–water partition coefficient (Wildman–Crippen LogP) is 7.15. The van der Waals surface area contributed by atoms with E-state index in [0.29, 0.717) is 17.7 Å². The molecule has 1 saturated carbocycles. The fourth-order valence-corrected chi connectivity index (χ4v) is 9.14. The van der Waals surface area contributed by atoms with E-state index in [-0.39, 0.29) is 28.9 Å². The van der Waals surface area contributed by atoms with Gasteiger partial charge in [0.05, 0.1) is 17.5 Å². The SMILES string of the molecule is C=CCc1cccc([C@H]2C3=CC[C@@H]4C(=O)N(c5ccc(CC)cc5)C(=O)[C@@H]4[C@@H]3C[C@@]3(Cl)C(=O)N(c4c(F)c(F)c(F)c(F)c4F)C(=O)[C@@]23Cl)c1O. The van der Waals surface area contributed by atoms with Crippen LogP contribution in [0.15, 0.2) is 66.8 Å². The van der Waals surface area contributed by atoms with Gasteiger partial charge in [-0.25, -0.2) is 26.9 Å². The summed E-state index contributed by atoms with van der Waals surface area (Å²) in [6, 6.07) is 11.2. The molecule has 264 valence electrons. The van der Waals surface area contributed by atoms with Gasteiger partial charge in [0.2, 0.25) is 17.6 Å². The van der Waals surface area contributed by atoms with Crippen molar-refractivity contribution >= 4 is 58.2 Å². The molecule has 0 radical (unpaired) electrons. The van der Waals surface area contributed by atoms with Gasteiger partial charge in [0.1, 0.15) is 11.4 Å². The maximum absolute atomic E-state index is 15.3. The fraction of sp³-hybridized carbons (Fsp3) is 0.297. The average Bonchev–Trinajstić information content (AvgIpc) is 3.46. The van der Waals surface area contributed by atoms with Crippen LogP contribution in [0.25, 0.3) is 0 Å². The number of anilines is 2. The van der Waals surface area contributed by atoms with E-state index >= 15 is 8.78 Å². The van der Waals surface area contributed by atoms with E-state index in [1.807, 2.05) is 6.92 Å². The molecule has 3 fully saturated rings. The Kier molecular flexibility index (Phi) is 8.22. The number of halogens is 7.